The van der Waals surface area contributed by atoms with Crippen LogP contribution in [-0.2, 0) is 0 Å². The zero-order valence-electron chi connectivity index (χ0n) is 12.5. The molecule has 1 aliphatic carbocycles. The first-order valence-electron chi connectivity index (χ1n) is 7.75. The highest BCUT2D eigenvalue weighted by molar-refractivity contribution is 5.41. The van der Waals surface area contributed by atoms with E-state index in [2.05, 4.69) is 27.5 Å². The second-order valence-corrected chi connectivity index (χ2v) is 5.57. The molecule has 112 valence electrons. The maximum atomic E-state index is 13.7. The van der Waals surface area contributed by atoms with E-state index in [-0.39, 0.29) is 5.82 Å². The van der Waals surface area contributed by atoms with Gasteiger partial charge >= 0.3 is 0 Å². The fourth-order valence-corrected chi connectivity index (χ4v) is 2.91. The molecule has 1 aliphatic rings. The third kappa shape index (κ3) is 4.05. The molecule has 2 rings (SSSR count). The second kappa shape index (κ2) is 7.41. The summed E-state index contributed by atoms with van der Waals surface area (Å²) in [5.41, 5.74) is 0. The van der Waals surface area contributed by atoms with Gasteiger partial charge in [0.1, 0.15) is 0 Å². The van der Waals surface area contributed by atoms with Gasteiger partial charge in [-0.25, -0.2) is 9.37 Å². The van der Waals surface area contributed by atoms with Gasteiger partial charge in [-0.15, -0.1) is 0 Å². The van der Waals surface area contributed by atoms with Crippen LogP contribution in [0.25, 0.3) is 0 Å². The van der Waals surface area contributed by atoms with E-state index < -0.39 is 0 Å². The van der Waals surface area contributed by atoms with E-state index in [0.29, 0.717) is 17.8 Å². The molecule has 1 aromatic heterocycles. The van der Waals surface area contributed by atoms with Crippen molar-refractivity contribution >= 4 is 11.8 Å². The van der Waals surface area contributed by atoms with Crippen molar-refractivity contribution in [2.24, 2.45) is 5.92 Å². The number of anilines is 2. The number of aromatic nitrogens is 2. The summed E-state index contributed by atoms with van der Waals surface area (Å²) in [6.45, 7) is 4.94. The van der Waals surface area contributed by atoms with Crippen LogP contribution in [0.3, 0.4) is 0 Å². The molecule has 2 N–H and O–H groups in total. The topological polar surface area (TPSA) is 49.8 Å². The van der Waals surface area contributed by atoms with Crippen molar-refractivity contribution < 1.29 is 4.39 Å². The summed E-state index contributed by atoms with van der Waals surface area (Å²) >= 11 is 0. The number of rotatable bonds is 6. The van der Waals surface area contributed by atoms with Crippen molar-refractivity contribution in [2.75, 3.05) is 17.2 Å². The lowest BCUT2D eigenvalue weighted by Crippen LogP contribution is -2.27. The van der Waals surface area contributed by atoms with E-state index in [1.807, 2.05) is 6.92 Å². The first-order valence-corrected chi connectivity index (χ1v) is 7.75. The minimum absolute atomic E-state index is 0.329. The molecule has 0 amide bonds. The van der Waals surface area contributed by atoms with Crippen LogP contribution in [0.15, 0.2) is 6.20 Å². The molecule has 1 aromatic rings. The Morgan fingerprint density at radius 2 is 2.00 bits per heavy atom. The van der Waals surface area contributed by atoms with Crippen LogP contribution in [0.5, 0.6) is 0 Å². The predicted molar refractivity (Wildman–Crippen MR) is 80.4 cm³/mol. The monoisotopic (exact) mass is 280 g/mol. The predicted octanol–water partition coefficient (Wildman–Crippen LogP) is 3.82. The molecule has 0 atom stereocenters. The SMILES string of the molecule is CCCC1CCC(Nc2nc(NCC)ncc2F)CC1. The van der Waals surface area contributed by atoms with Crippen LogP contribution in [0.2, 0.25) is 0 Å². The summed E-state index contributed by atoms with van der Waals surface area (Å²) in [5.74, 6) is 1.29. The highest BCUT2D eigenvalue weighted by Crippen LogP contribution is 2.29. The molecular weight excluding hydrogens is 255 g/mol. The summed E-state index contributed by atoms with van der Waals surface area (Å²) < 4.78 is 13.7. The summed E-state index contributed by atoms with van der Waals surface area (Å²) in [5, 5.41) is 6.25. The van der Waals surface area contributed by atoms with Gasteiger partial charge in [0.15, 0.2) is 11.6 Å². The fourth-order valence-electron chi connectivity index (χ4n) is 2.91. The first-order chi connectivity index (χ1) is 9.72. The summed E-state index contributed by atoms with van der Waals surface area (Å²) in [6, 6.07) is 0.335. The van der Waals surface area contributed by atoms with E-state index in [9.17, 15) is 4.39 Å². The Morgan fingerprint density at radius 1 is 1.25 bits per heavy atom. The van der Waals surface area contributed by atoms with Crippen molar-refractivity contribution in [1.29, 1.82) is 0 Å². The van der Waals surface area contributed by atoms with E-state index in [4.69, 9.17) is 0 Å². The van der Waals surface area contributed by atoms with Crippen molar-refractivity contribution in [3.05, 3.63) is 12.0 Å². The number of hydrogen-bond acceptors (Lipinski definition) is 4. The Kier molecular flexibility index (Phi) is 5.56. The quantitative estimate of drug-likeness (QED) is 0.831. The molecule has 0 bridgehead atoms. The fraction of sp³-hybridized carbons (Fsp3) is 0.733. The van der Waals surface area contributed by atoms with Gasteiger partial charge in [0.05, 0.1) is 6.20 Å². The van der Waals surface area contributed by atoms with Gasteiger partial charge in [-0.1, -0.05) is 19.8 Å². The molecule has 20 heavy (non-hydrogen) atoms. The first kappa shape index (κ1) is 15.0. The molecule has 5 heteroatoms. The largest absolute Gasteiger partial charge is 0.365 e. The number of nitrogens with zero attached hydrogens (tertiary/aromatic N) is 2. The molecule has 0 saturated heterocycles. The molecule has 1 heterocycles. The highest BCUT2D eigenvalue weighted by atomic mass is 19.1. The maximum absolute atomic E-state index is 13.7. The van der Waals surface area contributed by atoms with Gasteiger partial charge in [-0.05, 0) is 38.5 Å². The molecular formula is C15H25FN4. The summed E-state index contributed by atoms with van der Waals surface area (Å²) in [7, 11) is 0. The standard InChI is InChI=1S/C15H25FN4/c1-3-5-11-6-8-12(9-7-11)19-14-13(16)10-18-15(20-14)17-4-2/h10-12H,3-9H2,1-2H3,(H2,17,18,19,20). The van der Waals surface area contributed by atoms with Crippen LogP contribution >= 0.6 is 0 Å². The molecule has 0 aromatic carbocycles. The minimum atomic E-state index is -0.373. The normalized spacial score (nSPS) is 22.6. The molecule has 0 spiro atoms. The Hall–Kier alpha value is -1.39. The third-order valence-corrected chi connectivity index (χ3v) is 3.96. The van der Waals surface area contributed by atoms with Crippen LogP contribution in [-0.4, -0.2) is 22.6 Å². The second-order valence-electron chi connectivity index (χ2n) is 5.57. The van der Waals surface area contributed by atoms with Crippen molar-refractivity contribution in [3.63, 3.8) is 0 Å². The van der Waals surface area contributed by atoms with Gasteiger partial charge in [-0.2, -0.15) is 4.98 Å². The van der Waals surface area contributed by atoms with Gasteiger partial charge in [-0.3, -0.25) is 0 Å². The van der Waals surface area contributed by atoms with Crippen LogP contribution in [0.1, 0.15) is 52.4 Å². The van der Waals surface area contributed by atoms with Crippen LogP contribution in [0.4, 0.5) is 16.2 Å². The van der Waals surface area contributed by atoms with E-state index in [0.717, 1.165) is 25.3 Å². The number of halogens is 1. The Morgan fingerprint density at radius 3 is 2.65 bits per heavy atom. The summed E-state index contributed by atoms with van der Waals surface area (Å²) in [6.07, 6.45) is 8.48. The average Bonchev–Trinajstić information content (AvgIpc) is 2.45. The smallest absolute Gasteiger partial charge is 0.224 e. The van der Waals surface area contributed by atoms with Gasteiger partial charge in [0.2, 0.25) is 5.95 Å². The highest BCUT2D eigenvalue weighted by Gasteiger charge is 2.21. The Bertz CT molecular complexity index is 416. The van der Waals surface area contributed by atoms with E-state index in [1.54, 1.807) is 0 Å². The van der Waals surface area contributed by atoms with Gasteiger partial charge in [0, 0.05) is 12.6 Å². The average molecular weight is 280 g/mol. The van der Waals surface area contributed by atoms with Crippen LogP contribution in [0, 0.1) is 11.7 Å². The lowest BCUT2D eigenvalue weighted by Gasteiger charge is -2.29. The molecule has 1 fully saturated rings. The molecule has 0 aliphatic heterocycles. The van der Waals surface area contributed by atoms with Crippen LogP contribution < -0.4 is 10.6 Å². The number of hydrogen-bond donors (Lipinski definition) is 2. The van der Waals surface area contributed by atoms with E-state index in [1.165, 1.54) is 31.9 Å². The summed E-state index contributed by atoms with van der Waals surface area (Å²) in [4.78, 5) is 8.12. The zero-order valence-corrected chi connectivity index (χ0v) is 12.5. The Labute approximate surface area is 120 Å². The molecule has 4 nitrogen and oxygen atoms in total. The van der Waals surface area contributed by atoms with Crippen molar-refractivity contribution in [1.82, 2.24) is 9.97 Å². The van der Waals surface area contributed by atoms with E-state index >= 15 is 0 Å². The number of nitrogens with one attached hydrogen (secondary N) is 2. The molecule has 0 radical (unpaired) electrons. The Balaban J connectivity index is 1.92. The zero-order chi connectivity index (χ0) is 14.4. The van der Waals surface area contributed by atoms with Crippen molar-refractivity contribution in [3.8, 4) is 0 Å². The third-order valence-electron chi connectivity index (χ3n) is 3.96. The molecule has 0 unspecified atom stereocenters. The lowest BCUT2D eigenvalue weighted by atomic mass is 9.83. The molecule has 1 saturated carbocycles. The maximum Gasteiger partial charge on any atom is 0.224 e. The lowest BCUT2D eigenvalue weighted by molar-refractivity contribution is 0.318. The minimum Gasteiger partial charge on any atom is -0.365 e. The van der Waals surface area contributed by atoms with Gasteiger partial charge < -0.3 is 10.6 Å². The van der Waals surface area contributed by atoms with Gasteiger partial charge in [0.25, 0.3) is 0 Å². The van der Waals surface area contributed by atoms with Crippen molar-refractivity contribution in [2.45, 2.75) is 58.4 Å².